The van der Waals surface area contributed by atoms with Crippen LogP contribution in [0.15, 0.2) is 43.0 Å². The van der Waals surface area contributed by atoms with Crippen molar-refractivity contribution in [3.8, 4) is 0 Å². The standard InChI is InChI=1S/C27H32N8/c1-33(2)23-13-18-7-9-22(23)34(18)19-8-10-25(29-14-19)31-27-30-15-21-20-11-12-28-16-24(20)35(26(21)32-27)17-5-3-4-6-17/h8,10-12,14-18,22-23H,3-7,9,13H2,1-2H3,(H,29,30,31,32). The van der Waals surface area contributed by atoms with Crippen molar-refractivity contribution in [3.63, 3.8) is 0 Å². The highest BCUT2D eigenvalue weighted by Gasteiger charge is 2.47. The molecule has 7 rings (SSSR count). The van der Waals surface area contributed by atoms with E-state index in [1.54, 1.807) is 0 Å². The second-order valence-corrected chi connectivity index (χ2v) is 10.6. The average Bonchev–Trinajstić information content (AvgIpc) is 3.66. The first-order valence-electron chi connectivity index (χ1n) is 13.0. The van der Waals surface area contributed by atoms with Crippen molar-refractivity contribution in [1.82, 2.24) is 29.4 Å². The van der Waals surface area contributed by atoms with E-state index in [0.717, 1.165) is 22.4 Å². The molecular formula is C27H32N8. The van der Waals surface area contributed by atoms with Crippen LogP contribution in [0.5, 0.6) is 0 Å². The van der Waals surface area contributed by atoms with Crippen molar-refractivity contribution >= 4 is 39.4 Å². The highest BCUT2D eigenvalue weighted by atomic mass is 15.3. The summed E-state index contributed by atoms with van der Waals surface area (Å²) >= 11 is 0. The molecule has 3 aliphatic rings. The lowest BCUT2D eigenvalue weighted by atomic mass is 9.95. The second-order valence-electron chi connectivity index (χ2n) is 10.6. The van der Waals surface area contributed by atoms with Crippen molar-refractivity contribution in [2.75, 3.05) is 24.3 Å². The van der Waals surface area contributed by atoms with Crippen molar-refractivity contribution in [2.45, 2.75) is 69.1 Å². The van der Waals surface area contributed by atoms with E-state index in [9.17, 15) is 0 Å². The third-order valence-electron chi connectivity index (χ3n) is 8.49. The fourth-order valence-electron chi connectivity index (χ4n) is 6.90. The molecule has 2 bridgehead atoms. The zero-order chi connectivity index (χ0) is 23.5. The Morgan fingerprint density at radius 2 is 1.80 bits per heavy atom. The molecule has 3 fully saturated rings. The number of likely N-dealkylation sites (N-methyl/N-ethyl adjacent to an activating group) is 1. The molecule has 2 aliphatic heterocycles. The second kappa shape index (κ2) is 8.16. The number of nitrogens with one attached hydrogen (secondary N) is 1. The summed E-state index contributed by atoms with van der Waals surface area (Å²) in [4.78, 5) is 23.7. The molecule has 1 saturated carbocycles. The molecule has 8 heteroatoms. The lowest BCUT2D eigenvalue weighted by Crippen LogP contribution is -2.40. The fourth-order valence-corrected chi connectivity index (χ4v) is 6.90. The monoisotopic (exact) mass is 468 g/mol. The summed E-state index contributed by atoms with van der Waals surface area (Å²) in [7, 11) is 4.41. The van der Waals surface area contributed by atoms with Crippen LogP contribution >= 0.6 is 0 Å². The van der Waals surface area contributed by atoms with Gasteiger partial charge in [-0.15, -0.1) is 0 Å². The van der Waals surface area contributed by atoms with Crippen molar-refractivity contribution in [3.05, 3.63) is 43.0 Å². The van der Waals surface area contributed by atoms with Gasteiger partial charge in [0.1, 0.15) is 11.5 Å². The molecule has 1 aliphatic carbocycles. The summed E-state index contributed by atoms with van der Waals surface area (Å²) in [5.41, 5.74) is 3.36. The summed E-state index contributed by atoms with van der Waals surface area (Å²) in [6, 6.07) is 8.65. The molecule has 0 radical (unpaired) electrons. The van der Waals surface area contributed by atoms with Crippen LogP contribution in [-0.4, -0.2) is 61.6 Å². The molecule has 0 amide bonds. The van der Waals surface area contributed by atoms with Crippen LogP contribution in [0.2, 0.25) is 0 Å². The first kappa shape index (κ1) is 21.1. The largest absolute Gasteiger partial charge is 0.363 e. The summed E-state index contributed by atoms with van der Waals surface area (Å²) < 4.78 is 2.39. The lowest BCUT2D eigenvalue weighted by Gasteiger charge is -2.29. The number of aromatic nitrogens is 5. The van der Waals surface area contributed by atoms with Gasteiger partial charge in [0.25, 0.3) is 0 Å². The number of hydrogen-bond acceptors (Lipinski definition) is 7. The topological polar surface area (TPSA) is 75.0 Å². The maximum absolute atomic E-state index is 4.97. The number of fused-ring (bicyclic) bond motifs is 5. The fraction of sp³-hybridized carbons (Fsp3) is 0.481. The summed E-state index contributed by atoms with van der Waals surface area (Å²) in [6.07, 6.45) is 16.5. The van der Waals surface area contributed by atoms with Crippen molar-refractivity contribution in [1.29, 1.82) is 0 Å². The Kier molecular flexibility index (Phi) is 4.91. The Morgan fingerprint density at radius 3 is 2.57 bits per heavy atom. The zero-order valence-electron chi connectivity index (χ0n) is 20.4. The quantitative estimate of drug-likeness (QED) is 0.446. The molecule has 0 spiro atoms. The van der Waals surface area contributed by atoms with Crippen LogP contribution in [-0.2, 0) is 0 Å². The maximum atomic E-state index is 4.97. The van der Waals surface area contributed by atoms with Gasteiger partial charge in [-0.05, 0) is 64.4 Å². The molecular weight excluding hydrogens is 436 g/mol. The molecule has 0 aromatic carbocycles. The van der Waals surface area contributed by atoms with Crippen LogP contribution in [0.4, 0.5) is 17.5 Å². The van der Waals surface area contributed by atoms with Crippen LogP contribution in [0.3, 0.4) is 0 Å². The van der Waals surface area contributed by atoms with E-state index in [1.807, 2.05) is 24.8 Å². The van der Waals surface area contributed by atoms with Gasteiger partial charge < -0.3 is 19.7 Å². The molecule has 35 heavy (non-hydrogen) atoms. The molecule has 3 unspecified atom stereocenters. The number of hydrogen-bond donors (Lipinski definition) is 1. The third-order valence-corrected chi connectivity index (χ3v) is 8.49. The molecule has 2 saturated heterocycles. The summed E-state index contributed by atoms with van der Waals surface area (Å²) in [5, 5.41) is 5.61. The van der Waals surface area contributed by atoms with E-state index in [-0.39, 0.29) is 0 Å². The molecule has 8 nitrogen and oxygen atoms in total. The van der Waals surface area contributed by atoms with Gasteiger partial charge >= 0.3 is 0 Å². The highest BCUT2D eigenvalue weighted by Crippen LogP contribution is 2.42. The normalized spacial score (nSPS) is 24.4. The first-order valence-corrected chi connectivity index (χ1v) is 13.0. The molecule has 6 heterocycles. The Balaban J connectivity index is 1.18. The van der Waals surface area contributed by atoms with Crippen LogP contribution < -0.4 is 10.2 Å². The first-order chi connectivity index (χ1) is 17.2. The Morgan fingerprint density at radius 1 is 0.914 bits per heavy atom. The maximum Gasteiger partial charge on any atom is 0.230 e. The van der Waals surface area contributed by atoms with Crippen LogP contribution in [0.25, 0.3) is 21.9 Å². The number of anilines is 3. The van der Waals surface area contributed by atoms with Gasteiger partial charge in [0.05, 0.1) is 23.6 Å². The number of pyridine rings is 2. The van der Waals surface area contributed by atoms with Crippen LogP contribution in [0.1, 0.15) is 51.0 Å². The molecule has 180 valence electrons. The van der Waals surface area contributed by atoms with E-state index in [4.69, 9.17) is 9.97 Å². The van der Waals surface area contributed by atoms with E-state index >= 15 is 0 Å². The molecule has 3 atom stereocenters. The Labute approximate surface area is 205 Å². The molecule has 4 aromatic heterocycles. The number of nitrogens with zero attached hydrogens (tertiary/aromatic N) is 7. The van der Waals surface area contributed by atoms with Gasteiger partial charge in [0.2, 0.25) is 5.95 Å². The van der Waals surface area contributed by atoms with Crippen LogP contribution in [0, 0.1) is 0 Å². The van der Waals surface area contributed by atoms with Crippen molar-refractivity contribution in [2.24, 2.45) is 0 Å². The molecule has 4 aromatic rings. The van der Waals surface area contributed by atoms with E-state index in [2.05, 4.69) is 61.9 Å². The highest BCUT2D eigenvalue weighted by molar-refractivity contribution is 6.06. The van der Waals surface area contributed by atoms with Gasteiger partial charge in [0.15, 0.2) is 0 Å². The van der Waals surface area contributed by atoms with Gasteiger partial charge in [-0.25, -0.2) is 9.97 Å². The minimum Gasteiger partial charge on any atom is -0.363 e. The average molecular weight is 469 g/mol. The lowest BCUT2D eigenvalue weighted by molar-refractivity contribution is 0.252. The Bertz CT molecular complexity index is 1370. The minimum atomic E-state index is 0.473. The SMILES string of the molecule is CN(C)C1CC2CCC1N2c1ccc(Nc2ncc3c4ccncc4n(C4CCCC4)c3n2)nc1. The molecule has 1 N–H and O–H groups in total. The predicted molar refractivity (Wildman–Crippen MR) is 139 cm³/mol. The summed E-state index contributed by atoms with van der Waals surface area (Å²) in [5.74, 6) is 1.36. The number of rotatable bonds is 5. The summed E-state index contributed by atoms with van der Waals surface area (Å²) in [6.45, 7) is 0. The zero-order valence-corrected chi connectivity index (χ0v) is 20.4. The Hall–Kier alpha value is -3.26. The van der Waals surface area contributed by atoms with Gasteiger partial charge in [0, 0.05) is 47.3 Å². The van der Waals surface area contributed by atoms with E-state index < -0.39 is 0 Å². The predicted octanol–water partition coefficient (Wildman–Crippen LogP) is 4.90. The minimum absolute atomic E-state index is 0.473. The van der Waals surface area contributed by atoms with Crippen molar-refractivity contribution < 1.29 is 0 Å². The van der Waals surface area contributed by atoms with E-state index in [1.165, 1.54) is 56.0 Å². The van der Waals surface area contributed by atoms with E-state index in [0.29, 0.717) is 30.1 Å². The third kappa shape index (κ3) is 3.37. The van der Waals surface area contributed by atoms with Gasteiger partial charge in [-0.2, -0.15) is 4.98 Å². The van der Waals surface area contributed by atoms with Gasteiger partial charge in [-0.1, -0.05) is 12.8 Å². The van der Waals surface area contributed by atoms with Gasteiger partial charge in [-0.3, -0.25) is 4.98 Å². The smallest absolute Gasteiger partial charge is 0.230 e.